The first-order valence-corrected chi connectivity index (χ1v) is 5.70. The van der Waals surface area contributed by atoms with Gasteiger partial charge in [-0.05, 0) is 31.5 Å². The summed E-state index contributed by atoms with van der Waals surface area (Å²) >= 11 is 0. The number of nitrogens with one attached hydrogen (secondary N) is 2. The first-order valence-electron chi connectivity index (χ1n) is 5.70. The molecule has 1 aromatic carbocycles. The standard InChI is InChI=1S/C13H20N2O2/c1-9(15-10(2)13(16)14-3)11-6-5-7-12(8-11)17-4/h5-10,15H,1-4H3,(H,14,16)/t9-,10?/m0/s1. The lowest BCUT2D eigenvalue weighted by atomic mass is 10.1. The van der Waals surface area contributed by atoms with Crippen molar-refractivity contribution in [3.63, 3.8) is 0 Å². The van der Waals surface area contributed by atoms with E-state index in [2.05, 4.69) is 10.6 Å². The fraction of sp³-hybridized carbons (Fsp3) is 0.462. The lowest BCUT2D eigenvalue weighted by Crippen LogP contribution is -2.41. The van der Waals surface area contributed by atoms with Gasteiger partial charge in [0.15, 0.2) is 0 Å². The molecule has 0 aliphatic heterocycles. The van der Waals surface area contributed by atoms with Gasteiger partial charge in [0, 0.05) is 13.1 Å². The number of hydrogen-bond donors (Lipinski definition) is 2. The summed E-state index contributed by atoms with van der Waals surface area (Å²) in [6, 6.07) is 7.69. The Morgan fingerprint density at radius 2 is 2.06 bits per heavy atom. The zero-order valence-corrected chi connectivity index (χ0v) is 10.8. The van der Waals surface area contributed by atoms with Crippen molar-refractivity contribution in [2.45, 2.75) is 25.9 Å². The number of benzene rings is 1. The highest BCUT2D eigenvalue weighted by Crippen LogP contribution is 2.18. The SMILES string of the molecule is CNC(=O)C(C)N[C@@H](C)c1cccc(OC)c1. The van der Waals surface area contributed by atoms with Crippen molar-refractivity contribution in [1.29, 1.82) is 0 Å². The minimum absolute atomic E-state index is 0.0141. The fourth-order valence-corrected chi connectivity index (χ4v) is 1.67. The van der Waals surface area contributed by atoms with Gasteiger partial charge in [-0.25, -0.2) is 0 Å². The molecule has 1 unspecified atom stereocenters. The van der Waals surface area contributed by atoms with Gasteiger partial charge in [0.25, 0.3) is 0 Å². The van der Waals surface area contributed by atoms with E-state index in [0.29, 0.717) is 0 Å². The topological polar surface area (TPSA) is 50.4 Å². The molecule has 0 saturated heterocycles. The van der Waals surface area contributed by atoms with Crippen molar-refractivity contribution in [2.24, 2.45) is 0 Å². The van der Waals surface area contributed by atoms with E-state index >= 15 is 0 Å². The van der Waals surface area contributed by atoms with Crippen LogP contribution in [0.2, 0.25) is 0 Å². The maximum absolute atomic E-state index is 11.4. The van der Waals surface area contributed by atoms with Gasteiger partial charge in [-0.2, -0.15) is 0 Å². The molecule has 1 aromatic rings. The maximum Gasteiger partial charge on any atom is 0.236 e. The number of amides is 1. The van der Waals surface area contributed by atoms with Crippen LogP contribution in [-0.4, -0.2) is 26.1 Å². The number of rotatable bonds is 5. The van der Waals surface area contributed by atoms with E-state index in [-0.39, 0.29) is 18.0 Å². The van der Waals surface area contributed by atoms with Gasteiger partial charge in [-0.1, -0.05) is 12.1 Å². The molecule has 0 radical (unpaired) electrons. The lowest BCUT2D eigenvalue weighted by molar-refractivity contribution is -0.122. The Morgan fingerprint density at radius 1 is 1.35 bits per heavy atom. The number of likely N-dealkylation sites (N-methyl/N-ethyl adjacent to an activating group) is 1. The molecule has 1 amide bonds. The average molecular weight is 236 g/mol. The Hall–Kier alpha value is -1.55. The Morgan fingerprint density at radius 3 is 2.65 bits per heavy atom. The summed E-state index contributed by atoms with van der Waals surface area (Å²) in [7, 11) is 3.28. The molecule has 0 aromatic heterocycles. The highest BCUT2D eigenvalue weighted by molar-refractivity contribution is 5.80. The van der Waals surface area contributed by atoms with Gasteiger partial charge in [0.2, 0.25) is 5.91 Å². The quantitative estimate of drug-likeness (QED) is 0.814. The molecular weight excluding hydrogens is 216 g/mol. The van der Waals surface area contributed by atoms with Crippen LogP contribution in [0, 0.1) is 0 Å². The maximum atomic E-state index is 11.4. The molecule has 94 valence electrons. The Bertz CT molecular complexity index is 379. The predicted molar refractivity (Wildman–Crippen MR) is 68.1 cm³/mol. The largest absolute Gasteiger partial charge is 0.497 e. The van der Waals surface area contributed by atoms with Crippen LogP contribution in [0.1, 0.15) is 25.5 Å². The van der Waals surface area contributed by atoms with Gasteiger partial charge < -0.3 is 10.1 Å². The van der Waals surface area contributed by atoms with Crippen LogP contribution in [0.25, 0.3) is 0 Å². The van der Waals surface area contributed by atoms with Crippen LogP contribution in [-0.2, 0) is 4.79 Å². The molecule has 2 atom stereocenters. The smallest absolute Gasteiger partial charge is 0.236 e. The molecule has 0 spiro atoms. The summed E-state index contributed by atoms with van der Waals surface area (Å²) in [5.41, 5.74) is 1.10. The van der Waals surface area contributed by atoms with Crippen molar-refractivity contribution >= 4 is 5.91 Å². The summed E-state index contributed by atoms with van der Waals surface area (Å²) in [6.45, 7) is 3.86. The van der Waals surface area contributed by atoms with Gasteiger partial charge in [0.05, 0.1) is 13.2 Å². The van der Waals surface area contributed by atoms with Crippen molar-refractivity contribution in [2.75, 3.05) is 14.2 Å². The van der Waals surface area contributed by atoms with Crippen LogP contribution in [0.4, 0.5) is 0 Å². The monoisotopic (exact) mass is 236 g/mol. The highest BCUT2D eigenvalue weighted by atomic mass is 16.5. The fourth-order valence-electron chi connectivity index (χ4n) is 1.67. The van der Waals surface area contributed by atoms with E-state index < -0.39 is 0 Å². The number of hydrogen-bond acceptors (Lipinski definition) is 3. The minimum atomic E-state index is -0.221. The summed E-state index contributed by atoms with van der Waals surface area (Å²) in [5.74, 6) is 0.809. The third-order valence-corrected chi connectivity index (χ3v) is 2.73. The summed E-state index contributed by atoms with van der Waals surface area (Å²) in [4.78, 5) is 11.4. The van der Waals surface area contributed by atoms with E-state index in [4.69, 9.17) is 4.74 Å². The summed E-state index contributed by atoms with van der Waals surface area (Å²) < 4.78 is 5.17. The van der Waals surface area contributed by atoms with Gasteiger partial charge in [-0.15, -0.1) is 0 Å². The van der Waals surface area contributed by atoms with Crippen LogP contribution in [0.15, 0.2) is 24.3 Å². The van der Waals surface area contributed by atoms with Crippen LogP contribution in [0.5, 0.6) is 5.75 Å². The molecule has 0 saturated carbocycles. The second-order valence-corrected chi connectivity index (χ2v) is 4.00. The molecule has 0 aliphatic carbocycles. The predicted octanol–water partition coefficient (Wildman–Crippen LogP) is 1.48. The minimum Gasteiger partial charge on any atom is -0.497 e. The molecular formula is C13H20N2O2. The molecule has 0 heterocycles. The third-order valence-electron chi connectivity index (χ3n) is 2.73. The molecule has 4 nitrogen and oxygen atoms in total. The van der Waals surface area contributed by atoms with Crippen molar-refractivity contribution in [3.8, 4) is 5.75 Å². The first-order chi connectivity index (χ1) is 8.08. The summed E-state index contributed by atoms with van der Waals surface area (Å²) in [5, 5.41) is 5.85. The van der Waals surface area contributed by atoms with Crippen molar-refractivity contribution in [3.05, 3.63) is 29.8 Å². The van der Waals surface area contributed by atoms with Crippen LogP contribution >= 0.6 is 0 Å². The van der Waals surface area contributed by atoms with E-state index in [1.54, 1.807) is 14.2 Å². The normalized spacial score (nSPS) is 13.9. The van der Waals surface area contributed by atoms with E-state index in [9.17, 15) is 4.79 Å². The molecule has 0 fully saturated rings. The second-order valence-electron chi connectivity index (χ2n) is 4.00. The zero-order chi connectivity index (χ0) is 12.8. The molecule has 1 rings (SSSR count). The van der Waals surface area contributed by atoms with Gasteiger partial charge in [-0.3, -0.25) is 10.1 Å². The average Bonchev–Trinajstić information content (AvgIpc) is 2.37. The van der Waals surface area contributed by atoms with E-state index in [1.165, 1.54) is 0 Å². The molecule has 0 aliphatic rings. The third kappa shape index (κ3) is 3.75. The number of carbonyl (C=O) groups excluding carboxylic acids is 1. The van der Waals surface area contributed by atoms with Crippen LogP contribution in [0.3, 0.4) is 0 Å². The number of ether oxygens (including phenoxy) is 1. The van der Waals surface area contributed by atoms with Crippen molar-refractivity contribution in [1.82, 2.24) is 10.6 Å². The van der Waals surface area contributed by atoms with Gasteiger partial charge >= 0.3 is 0 Å². The van der Waals surface area contributed by atoms with Crippen LogP contribution < -0.4 is 15.4 Å². The van der Waals surface area contributed by atoms with Gasteiger partial charge in [0.1, 0.15) is 5.75 Å². The second kappa shape index (κ2) is 6.25. The molecule has 2 N–H and O–H groups in total. The highest BCUT2D eigenvalue weighted by Gasteiger charge is 2.14. The number of methoxy groups -OCH3 is 1. The molecule has 4 heteroatoms. The lowest BCUT2D eigenvalue weighted by Gasteiger charge is -2.19. The summed E-state index contributed by atoms with van der Waals surface area (Å²) in [6.07, 6.45) is 0. The van der Waals surface area contributed by atoms with Crippen molar-refractivity contribution < 1.29 is 9.53 Å². The first kappa shape index (κ1) is 13.5. The molecule has 17 heavy (non-hydrogen) atoms. The zero-order valence-electron chi connectivity index (χ0n) is 10.8. The number of carbonyl (C=O) groups is 1. The Labute approximate surface area is 102 Å². The van der Waals surface area contributed by atoms with E-state index in [1.807, 2.05) is 38.1 Å². The Balaban J connectivity index is 2.68. The Kier molecular flexibility index (Phi) is 4.97. The molecule has 0 bridgehead atoms. The van der Waals surface area contributed by atoms with E-state index in [0.717, 1.165) is 11.3 Å².